The Hall–Kier alpha value is -1.32. The second-order valence-electron chi connectivity index (χ2n) is 6.36. The fourth-order valence-corrected chi connectivity index (χ4v) is 4.01. The predicted octanol–water partition coefficient (Wildman–Crippen LogP) is 2.80. The van der Waals surface area contributed by atoms with Gasteiger partial charge in [-0.05, 0) is 50.9 Å². The van der Waals surface area contributed by atoms with Crippen molar-refractivity contribution in [2.75, 3.05) is 5.32 Å². The normalized spacial score (nSPS) is 28.9. The Kier molecular flexibility index (Phi) is 3.11. The molecule has 1 amide bonds. The zero-order chi connectivity index (χ0) is 13.6. The second kappa shape index (κ2) is 4.66. The summed E-state index contributed by atoms with van der Waals surface area (Å²) in [6, 6.07) is 0. The van der Waals surface area contributed by atoms with Crippen molar-refractivity contribution < 1.29 is 4.79 Å². The summed E-state index contributed by atoms with van der Waals surface area (Å²) in [5, 5.41) is 7.40. The highest BCUT2D eigenvalue weighted by molar-refractivity contribution is 5.92. The maximum Gasteiger partial charge on any atom is 0.224 e. The SMILES string of the molecule is Cc1nn(C)c(C)c1NC(=O)CC1CC2CCC1C2. The number of carbonyl (C=O) groups is 1. The number of amides is 1. The summed E-state index contributed by atoms with van der Waals surface area (Å²) in [6.45, 7) is 3.94. The lowest BCUT2D eigenvalue weighted by Crippen LogP contribution is -2.20. The molecule has 4 nitrogen and oxygen atoms in total. The molecule has 0 spiro atoms. The molecule has 2 saturated carbocycles. The lowest BCUT2D eigenvalue weighted by atomic mass is 9.86. The third-order valence-electron chi connectivity index (χ3n) is 5.11. The van der Waals surface area contributed by atoms with Crippen LogP contribution in [0.4, 0.5) is 5.69 Å². The number of aromatic nitrogens is 2. The number of hydrogen-bond donors (Lipinski definition) is 1. The van der Waals surface area contributed by atoms with Gasteiger partial charge in [-0.1, -0.05) is 6.42 Å². The average Bonchev–Trinajstić information content (AvgIpc) is 3.01. The first-order valence-corrected chi connectivity index (χ1v) is 7.34. The van der Waals surface area contributed by atoms with Crippen LogP contribution in [0.5, 0.6) is 0 Å². The highest BCUT2D eigenvalue weighted by atomic mass is 16.1. The van der Waals surface area contributed by atoms with Gasteiger partial charge in [-0.2, -0.15) is 5.10 Å². The Morgan fingerprint density at radius 3 is 2.68 bits per heavy atom. The van der Waals surface area contributed by atoms with Gasteiger partial charge in [0.2, 0.25) is 5.91 Å². The molecule has 2 aliphatic rings. The van der Waals surface area contributed by atoms with E-state index in [1.165, 1.54) is 25.7 Å². The number of anilines is 1. The Morgan fingerprint density at radius 1 is 1.37 bits per heavy atom. The summed E-state index contributed by atoms with van der Waals surface area (Å²) in [5.41, 5.74) is 2.83. The van der Waals surface area contributed by atoms with E-state index >= 15 is 0 Å². The standard InChI is InChI=1S/C15H23N3O/c1-9-15(10(2)18(3)17-9)16-14(19)8-13-7-11-4-5-12(13)6-11/h11-13H,4-8H2,1-3H3,(H,16,19). The maximum absolute atomic E-state index is 12.2. The average molecular weight is 261 g/mol. The first-order valence-electron chi connectivity index (χ1n) is 7.34. The van der Waals surface area contributed by atoms with E-state index in [9.17, 15) is 4.79 Å². The van der Waals surface area contributed by atoms with E-state index in [2.05, 4.69) is 10.4 Å². The Labute approximate surface area is 114 Å². The van der Waals surface area contributed by atoms with Gasteiger partial charge in [0.05, 0.1) is 17.1 Å². The molecule has 3 rings (SSSR count). The molecule has 104 valence electrons. The van der Waals surface area contributed by atoms with Gasteiger partial charge in [-0.15, -0.1) is 0 Å². The molecule has 3 unspecified atom stereocenters. The minimum atomic E-state index is 0.164. The molecule has 4 heteroatoms. The number of hydrogen-bond acceptors (Lipinski definition) is 2. The number of fused-ring (bicyclic) bond motifs is 2. The molecule has 0 aliphatic heterocycles. The number of carbonyl (C=O) groups excluding carboxylic acids is 1. The molecule has 2 bridgehead atoms. The maximum atomic E-state index is 12.2. The molecule has 0 radical (unpaired) electrons. The molecule has 3 atom stereocenters. The Balaban J connectivity index is 1.62. The molecular formula is C15H23N3O. The van der Waals surface area contributed by atoms with E-state index < -0.39 is 0 Å². The number of aryl methyl sites for hydroxylation is 2. The molecule has 1 N–H and O–H groups in total. The number of nitrogens with one attached hydrogen (secondary N) is 1. The van der Waals surface area contributed by atoms with Crippen LogP contribution in [0.3, 0.4) is 0 Å². The van der Waals surface area contributed by atoms with Crippen molar-refractivity contribution in [3.8, 4) is 0 Å². The van der Waals surface area contributed by atoms with Crippen LogP contribution in [-0.2, 0) is 11.8 Å². The van der Waals surface area contributed by atoms with Gasteiger partial charge in [-0.3, -0.25) is 9.48 Å². The smallest absolute Gasteiger partial charge is 0.224 e. The molecule has 0 aromatic carbocycles. The summed E-state index contributed by atoms with van der Waals surface area (Å²) < 4.78 is 1.82. The number of rotatable bonds is 3. The van der Waals surface area contributed by atoms with Crippen molar-refractivity contribution in [3.63, 3.8) is 0 Å². The number of nitrogens with zero attached hydrogens (tertiary/aromatic N) is 2. The third kappa shape index (κ3) is 2.28. The monoisotopic (exact) mass is 261 g/mol. The van der Waals surface area contributed by atoms with Crippen LogP contribution in [0.15, 0.2) is 0 Å². The van der Waals surface area contributed by atoms with Crippen LogP contribution >= 0.6 is 0 Å². The fraction of sp³-hybridized carbons (Fsp3) is 0.733. The van der Waals surface area contributed by atoms with Crippen LogP contribution in [-0.4, -0.2) is 15.7 Å². The van der Waals surface area contributed by atoms with Crippen LogP contribution in [0.1, 0.15) is 43.5 Å². The van der Waals surface area contributed by atoms with Gasteiger partial charge in [-0.25, -0.2) is 0 Å². The van der Waals surface area contributed by atoms with Crippen molar-refractivity contribution >= 4 is 11.6 Å². The topological polar surface area (TPSA) is 46.9 Å². The molecule has 2 aliphatic carbocycles. The van der Waals surface area contributed by atoms with Crippen molar-refractivity contribution in [1.82, 2.24) is 9.78 Å². The van der Waals surface area contributed by atoms with Crippen molar-refractivity contribution in [2.45, 2.75) is 46.0 Å². The fourth-order valence-electron chi connectivity index (χ4n) is 4.01. The van der Waals surface area contributed by atoms with Gasteiger partial charge < -0.3 is 5.32 Å². The van der Waals surface area contributed by atoms with Crippen molar-refractivity contribution in [2.24, 2.45) is 24.8 Å². The molecule has 2 fully saturated rings. The van der Waals surface area contributed by atoms with Gasteiger partial charge in [0.1, 0.15) is 0 Å². The molecular weight excluding hydrogens is 238 g/mol. The van der Waals surface area contributed by atoms with E-state index in [4.69, 9.17) is 0 Å². The minimum Gasteiger partial charge on any atom is -0.323 e. The first-order chi connectivity index (χ1) is 9.04. The molecule has 0 saturated heterocycles. The van der Waals surface area contributed by atoms with Gasteiger partial charge in [0, 0.05) is 13.5 Å². The highest BCUT2D eigenvalue weighted by Gasteiger charge is 2.40. The largest absolute Gasteiger partial charge is 0.323 e. The van der Waals surface area contributed by atoms with Crippen LogP contribution in [0.25, 0.3) is 0 Å². The summed E-state index contributed by atoms with van der Waals surface area (Å²) >= 11 is 0. The quantitative estimate of drug-likeness (QED) is 0.909. The molecule has 1 heterocycles. The van der Waals surface area contributed by atoms with E-state index in [0.29, 0.717) is 12.3 Å². The second-order valence-corrected chi connectivity index (χ2v) is 6.36. The third-order valence-corrected chi connectivity index (χ3v) is 5.11. The molecule has 1 aromatic heterocycles. The van der Waals surface area contributed by atoms with Crippen LogP contribution in [0, 0.1) is 31.6 Å². The van der Waals surface area contributed by atoms with E-state index in [0.717, 1.165) is 28.9 Å². The van der Waals surface area contributed by atoms with Gasteiger partial charge in [0.15, 0.2) is 0 Å². The Morgan fingerprint density at radius 2 is 2.16 bits per heavy atom. The molecule has 1 aromatic rings. The predicted molar refractivity (Wildman–Crippen MR) is 74.9 cm³/mol. The highest BCUT2D eigenvalue weighted by Crippen LogP contribution is 2.49. The zero-order valence-corrected chi connectivity index (χ0v) is 12.1. The minimum absolute atomic E-state index is 0.164. The summed E-state index contributed by atoms with van der Waals surface area (Å²) in [6.07, 6.45) is 6.05. The lowest BCUT2D eigenvalue weighted by molar-refractivity contribution is -0.117. The van der Waals surface area contributed by atoms with Crippen molar-refractivity contribution in [3.05, 3.63) is 11.4 Å². The lowest BCUT2D eigenvalue weighted by Gasteiger charge is -2.20. The van der Waals surface area contributed by atoms with Gasteiger partial charge in [0.25, 0.3) is 0 Å². The van der Waals surface area contributed by atoms with Crippen LogP contribution in [0.2, 0.25) is 0 Å². The first kappa shape index (κ1) is 12.7. The zero-order valence-electron chi connectivity index (χ0n) is 12.1. The van der Waals surface area contributed by atoms with E-state index in [1.54, 1.807) is 0 Å². The Bertz CT molecular complexity index is 506. The van der Waals surface area contributed by atoms with E-state index in [1.807, 2.05) is 25.6 Å². The van der Waals surface area contributed by atoms with Gasteiger partial charge >= 0.3 is 0 Å². The van der Waals surface area contributed by atoms with Crippen LogP contribution < -0.4 is 5.32 Å². The van der Waals surface area contributed by atoms with Crippen molar-refractivity contribution in [1.29, 1.82) is 0 Å². The summed E-state index contributed by atoms with van der Waals surface area (Å²) in [5.74, 6) is 2.50. The van der Waals surface area contributed by atoms with E-state index in [-0.39, 0.29) is 5.91 Å². The molecule has 19 heavy (non-hydrogen) atoms. The summed E-state index contributed by atoms with van der Waals surface area (Å²) in [4.78, 5) is 12.2. The summed E-state index contributed by atoms with van der Waals surface area (Å²) in [7, 11) is 1.91.